The Morgan fingerprint density at radius 3 is 2.40 bits per heavy atom. The summed E-state index contributed by atoms with van der Waals surface area (Å²) >= 11 is 0. The molecule has 1 rings (SSSR count). The number of benzene rings is 1. The first-order chi connectivity index (χ1) is 9.42. The largest absolute Gasteiger partial charge is 0.494 e. The molecule has 1 unspecified atom stereocenters. The lowest BCUT2D eigenvalue weighted by Gasteiger charge is -2.22. The fraction of sp³-hybridized carbons (Fsp3) is 0.600. The average Bonchev–Trinajstić information content (AvgIpc) is 2.39. The van der Waals surface area contributed by atoms with Gasteiger partial charge in [0.15, 0.2) is 9.84 Å². The molecule has 4 nitrogen and oxygen atoms in total. The fourth-order valence-corrected chi connectivity index (χ4v) is 3.13. The molecule has 0 aromatic heterocycles. The summed E-state index contributed by atoms with van der Waals surface area (Å²) in [6.07, 6.45) is 0. The van der Waals surface area contributed by atoms with Gasteiger partial charge in [0, 0.05) is 11.6 Å². The molecule has 0 heterocycles. The van der Waals surface area contributed by atoms with Gasteiger partial charge in [-0.15, -0.1) is 0 Å². The highest BCUT2D eigenvalue weighted by molar-refractivity contribution is 7.92. The number of hydrogen-bond acceptors (Lipinski definition) is 4. The van der Waals surface area contributed by atoms with Gasteiger partial charge in [-0.3, -0.25) is 0 Å². The molecule has 0 aliphatic rings. The number of para-hydroxylation sites is 1. The summed E-state index contributed by atoms with van der Waals surface area (Å²) in [6, 6.07) is 7.37. The van der Waals surface area contributed by atoms with Gasteiger partial charge in [-0.05, 0) is 33.4 Å². The number of sulfone groups is 1. The van der Waals surface area contributed by atoms with Crippen molar-refractivity contribution < 1.29 is 13.2 Å². The second-order valence-electron chi connectivity index (χ2n) is 4.96. The van der Waals surface area contributed by atoms with Crippen LogP contribution < -0.4 is 10.1 Å². The summed E-state index contributed by atoms with van der Waals surface area (Å²) in [5, 5.41) is 2.88. The van der Waals surface area contributed by atoms with Crippen LogP contribution >= 0.6 is 0 Å². The molecule has 0 radical (unpaired) electrons. The summed E-state index contributed by atoms with van der Waals surface area (Å²) in [6.45, 7) is 8.59. The van der Waals surface area contributed by atoms with E-state index in [9.17, 15) is 8.42 Å². The molecule has 114 valence electrons. The van der Waals surface area contributed by atoms with E-state index in [0.717, 1.165) is 11.3 Å². The zero-order valence-electron chi connectivity index (χ0n) is 12.7. The number of rotatable bonds is 8. The van der Waals surface area contributed by atoms with Crippen molar-refractivity contribution in [1.29, 1.82) is 0 Å². The van der Waals surface area contributed by atoms with Gasteiger partial charge in [-0.25, -0.2) is 8.42 Å². The van der Waals surface area contributed by atoms with Crippen molar-refractivity contribution in [2.75, 3.05) is 18.9 Å². The van der Waals surface area contributed by atoms with E-state index in [0.29, 0.717) is 13.2 Å². The van der Waals surface area contributed by atoms with Crippen molar-refractivity contribution in [2.45, 2.75) is 39.0 Å². The van der Waals surface area contributed by atoms with Crippen LogP contribution in [0.5, 0.6) is 5.75 Å². The number of nitrogens with one attached hydrogen (secondary N) is 1. The van der Waals surface area contributed by atoms with Crippen molar-refractivity contribution in [1.82, 2.24) is 5.32 Å². The van der Waals surface area contributed by atoms with Gasteiger partial charge in [-0.1, -0.05) is 25.1 Å². The maximum Gasteiger partial charge on any atom is 0.154 e. The van der Waals surface area contributed by atoms with Crippen LogP contribution in [0, 0.1) is 0 Å². The quantitative estimate of drug-likeness (QED) is 0.801. The zero-order chi connectivity index (χ0) is 15.2. The topological polar surface area (TPSA) is 55.4 Å². The molecule has 0 spiro atoms. The van der Waals surface area contributed by atoms with Crippen LogP contribution in [0.3, 0.4) is 0 Å². The van der Waals surface area contributed by atoms with Gasteiger partial charge in [0.25, 0.3) is 0 Å². The third-order valence-corrected chi connectivity index (χ3v) is 5.40. The number of ether oxygens (including phenoxy) is 1. The average molecular weight is 299 g/mol. The van der Waals surface area contributed by atoms with E-state index in [2.05, 4.69) is 5.32 Å². The molecule has 5 heteroatoms. The molecular formula is C15H25NO3S. The maximum absolute atomic E-state index is 12.2. The molecule has 0 aliphatic heterocycles. The van der Waals surface area contributed by atoms with E-state index in [-0.39, 0.29) is 17.0 Å². The molecular weight excluding hydrogens is 274 g/mol. The summed E-state index contributed by atoms with van der Waals surface area (Å²) in [7, 11) is -3.12. The van der Waals surface area contributed by atoms with Crippen LogP contribution in [-0.4, -0.2) is 32.6 Å². The predicted octanol–water partition coefficient (Wildman–Crippen LogP) is 2.56. The Bertz CT molecular complexity index is 512. The smallest absolute Gasteiger partial charge is 0.154 e. The molecule has 0 fully saturated rings. The first kappa shape index (κ1) is 17.0. The van der Waals surface area contributed by atoms with E-state index < -0.39 is 9.84 Å². The lowest BCUT2D eigenvalue weighted by atomic mass is 10.1. The Hall–Kier alpha value is -1.07. The van der Waals surface area contributed by atoms with E-state index in [1.54, 1.807) is 13.8 Å². The van der Waals surface area contributed by atoms with Gasteiger partial charge in [0.1, 0.15) is 5.75 Å². The maximum atomic E-state index is 12.2. The van der Waals surface area contributed by atoms with Gasteiger partial charge in [0.05, 0.1) is 17.6 Å². The first-order valence-electron chi connectivity index (χ1n) is 7.09. The molecule has 0 saturated carbocycles. The summed E-state index contributed by atoms with van der Waals surface area (Å²) < 4.78 is 30.0. The van der Waals surface area contributed by atoms with Gasteiger partial charge in [0.2, 0.25) is 0 Å². The summed E-state index contributed by atoms with van der Waals surface area (Å²) in [4.78, 5) is 0. The van der Waals surface area contributed by atoms with Crippen LogP contribution in [0.4, 0.5) is 0 Å². The summed E-state index contributed by atoms with van der Waals surface area (Å²) in [5.74, 6) is 0.836. The summed E-state index contributed by atoms with van der Waals surface area (Å²) in [5.41, 5.74) is 0.903. The fourth-order valence-electron chi connectivity index (χ4n) is 1.99. The van der Waals surface area contributed by atoms with Crippen LogP contribution in [0.2, 0.25) is 0 Å². The Kier molecular flexibility index (Phi) is 6.49. The monoisotopic (exact) mass is 299 g/mol. The molecule has 1 aromatic carbocycles. The molecule has 0 aliphatic carbocycles. The molecule has 0 bridgehead atoms. The lowest BCUT2D eigenvalue weighted by molar-refractivity contribution is 0.332. The molecule has 20 heavy (non-hydrogen) atoms. The van der Waals surface area contributed by atoms with Gasteiger partial charge >= 0.3 is 0 Å². The molecule has 0 amide bonds. The third kappa shape index (κ3) is 4.49. The number of hydrogen-bond donors (Lipinski definition) is 1. The minimum Gasteiger partial charge on any atom is -0.494 e. The second kappa shape index (κ2) is 7.64. The van der Waals surface area contributed by atoms with Crippen molar-refractivity contribution in [3.63, 3.8) is 0 Å². The minimum absolute atomic E-state index is 0.0859. The molecule has 1 aromatic rings. The van der Waals surface area contributed by atoms with Crippen molar-refractivity contribution >= 4 is 9.84 Å². The Balaban J connectivity index is 3.08. The van der Waals surface area contributed by atoms with Crippen molar-refractivity contribution in [3.8, 4) is 5.75 Å². The SMILES string of the molecule is CCNC(CS(=O)(=O)C(C)C)c1ccccc1OCC. The van der Waals surface area contributed by atoms with E-state index >= 15 is 0 Å². The van der Waals surface area contributed by atoms with Crippen LogP contribution in [0.25, 0.3) is 0 Å². The van der Waals surface area contributed by atoms with Crippen LogP contribution in [0.15, 0.2) is 24.3 Å². The zero-order valence-corrected chi connectivity index (χ0v) is 13.5. The Morgan fingerprint density at radius 2 is 1.85 bits per heavy atom. The van der Waals surface area contributed by atoms with Gasteiger partial charge < -0.3 is 10.1 Å². The normalized spacial score (nSPS) is 13.4. The van der Waals surface area contributed by atoms with Crippen LogP contribution in [-0.2, 0) is 9.84 Å². The standard InChI is InChI=1S/C15H25NO3S/c1-5-16-14(11-20(17,18)12(3)4)13-9-7-8-10-15(13)19-6-2/h7-10,12,14,16H,5-6,11H2,1-4H3. The highest BCUT2D eigenvalue weighted by Gasteiger charge is 2.25. The molecule has 1 N–H and O–H groups in total. The van der Waals surface area contributed by atoms with E-state index in [4.69, 9.17) is 4.74 Å². The van der Waals surface area contributed by atoms with Gasteiger partial charge in [-0.2, -0.15) is 0 Å². The highest BCUT2D eigenvalue weighted by atomic mass is 32.2. The Morgan fingerprint density at radius 1 is 1.20 bits per heavy atom. The highest BCUT2D eigenvalue weighted by Crippen LogP contribution is 2.27. The van der Waals surface area contributed by atoms with E-state index in [1.165, 1.54) is 0 Å². The molecule has 1 atom stereocenters. The second-order valence-corrected chi connectivity index (χ2v) is 7.56. The Labute approximate surface area is 122 Å². The first-order valence-corrected chi connectivity index (χ1v) is 8.80. The molecule has 0 saturated heterocycles. The minimum atomic E-state index is -3.12. The predicted molar refractivity (Wildman–Crippen MR) is 83.0 cm³/mol. The van der Waals surface area contributed by atoms with Crippen molar-refractivity contribution in [3.05, 3.63) is 29.8 Å². The third-order valence-electron chi connectivity index (χ3n) is 3.16. The van der Waals surface area contributed by atoms with Crippen molar-refractivity contribution in [2.24, 2.45) is 0 Å². The van der Waals surface area contributed by atoms with Crippen LogP contribution in [0.1, 0.15) is 39.3 Å². The van der Waals surface area contributed by atoms with E-state index in [1.807, 2.05) is 38.1 Å². The lowest BCUT2D eigenvalue weighted by Crippen LogP contribution is -2.31.